The van der Waals surface area contributed by atoms with E-state index >= 15 is 0 Å². The molecule has 0 fully saturated rings. The van der Waals surface area contributed by atoms with Gasteiger partial charge < -0.3 is 14.4 Å². The van der Waals surface area contributed by atoms with Crippen LogP contribution in [0.4, 0.5) is 17.6 Å². The minimum absolute atomic E-state index is 0.00429. The first-order valence-corrected chi connectivity index (χ1v) is 9.12. The van der Waals surface area contributed by atoms with Crippen LogP contribution >= 0.6 is 11.8 Å². The SMILES string of the molecule is CN(Cc1ccc(OC(F)F)cc1)C(=O)COC(=O)c1ccc(SC(F)F)cc1. The highest BCUT2D eigenvalue weighted by atomic mass is 32.2. The molecule has 0 N–H and O–H groups in total. The maximum Gasteiger partial charge on any atom is 0.387 e. The molecule has 0 aromatic heterocycles. The fourth-order valence-corrected chi connectivity index (χ4v) is 2.73. The first kappa shape index (κ1) is 22.5. The highest BCUT2D eigenvalue weighted by Crippen LogP contribution is 2.25. The fraction of sp³-hybridized carbons (Fsp3) is 0.263. The molecular formula is C19H17F4NO4S. The number of halogens is 4. The third-order valence-corrected chi connectivity index (χ3v) is 4.36. The lowest BCUT2D eigenvalue weighted by atomic mass is 10.2. The van der Waals surface area contributed by atoms with Gasteiger partial charge >= 0.3 is 12.6 Å². The highest BCUT2D eigenvalue weighted by Gasteiger charge is 2.15. The number of ether oxygens (including phenoxy) is 2. The predicted molar refractivity (Wildman–Crippen MR) is 98.1 cm³/mol. The molecule has 2 aromatic rings. The quantitative estimate of drug-likeness (QED) is 0.334. The molecule has 0 radical (unpaired) electrons. The zero-order valence-electron chi connectivity index (χ0n) is 15.2. The second-order valence-corrected chi connectivity index (χ2v) is 6.81. The number of hydrogen-bond donors (Lipinski definition) is 0. The normalized spacial score (nSPS) is 10.9. The largest absolute Gasteiger partial charge is 0.452 e. The molecule has 29 heavy (non-hydrogen) atoms. The number of carbonyl (C=O) groups is 2. The summed E-state index contributed by atoms with van der Waals surface area (Å²) in [6.45, 7) is -3.25. The van der Waals surface area contributed by atoms with E-state index in [9.17, 15) is 27.2 Å². The van der Waals surface area contributed by atoms with Crippen molar-refractivity contribution in [3.63, 3.8) is 0 Å². The number of benzene rings is 2. The van der Waals surface area contributed by atoms with Crippen molar-refractivity contribution in [3.05, 3.63) is 59.7 Å². The van der Waals surface area contributed by atoms with Gasteiger partial charge in [0.05, 0.1) is 5.56 Å². The summed E-state index contributed by atoms with van der Waals surface area (Å²) in [5.41, 5.74) is 0.801. The maximum absolute atomic E-state index is 12.3. The molecule has 2 aromatic carbocycles. The average molecular weight is 431 g/mol. The molecule has 0 atom stereocenters. The van der Waals surface area contributed by atoms with Gasteiger partial charge in [-0.05, 0) is 42.0 Å². The van der Waals surface area contributed by atoms with E-state index in [1.54, 1.807) is 0 Å². The molecule has 0 spiro atoms. The lowest BCUT2D eigenvalue weighted by molar-refractivity contribution is -0.133. The van der Waals surface area contributed by atoms with Gasteiger partial charge in [-0.25, -0.2) is 4.79 Å². The van der Waals surface area contributed by atoms with Gasteiger partial charge in [0.2, 0.25) is 0 Å². The molecule has 0 bridgehead atoms. The zero-order chi connectivity index (χ0) is 21.4. The van der Waals surface area contributed by atoms with Crippen LogP contribution in [0, 0.1) is 0 Å². The van der Waals surface area contributed by atoms with E-state index in [-0.39, 0.29) is 17.9 Å². The molecule has 5 nitrogen and oxygen atoms in total. The highest BCUT2D eigenvalue weighted by molar-refractivity contribution is 7.99. The van der Waals surface area contributed by atoms with Crippen LogP contribution in [0.25, 0.3) is 0 Å². The number of likely N-dealkylation sites (N-methyl/N-ethyl adjacent to an activating group) is 1. The summed E-state index contributed by atoms with van der Waals surface area (Å²) in [5.74, 6) is -3.79. The molecule has 0 heterocycles. The van der Waals surface area contributed by atoms with Crippen molar-refractivity contribution in [3.8, 4) is 5.75 Å². The lowest BCUT2D eigenvalue weighted by Gasteiger charge is -2.17. The van der Waals surface area contributed by atoms with E-state index < -0.39 is 30.9 Å². The summed E-state index contributed by atoms with van der Waals surface area (Å²) in [6.07, 6.45) is 0. The Morgan fingerprint density at radius 3 is 2.17 bits per heavy atom. The first-order chi connectivity index (χ1) is 13.7. The van der Waals surface area contributed by atoms with Gasteiger partial charge in [0, 0.05) is 18.5 Å². The topological polar surface area (TPSA) is 55.8 Å². The van der Waals surface area contributed by atoms with Crippen molar-refractivity contribution in [1.29, 1.82) is 0 Å². The molecule has 2 rings (SSSR count). The number of thioether (sulfide) groups is 1. The van der Waals surface area contributed by atoms with E-state index in [1.807, 2.05) is 0 Å². The van der Waals surface area contributed by atoms with Crippen molar-refractivity contribution >= 4 is 23.6 Å². The van der Waals surface area contributed by atoms with Crippen LogP contribution in [0.2, 0.25) is 0 Å². The van der Waals surface area contributed by atoms with Gasteiger partial charge in [0.1, 0.15) is 5.75 Å². The van der Waals surface area contributed by atoms with E-state index in [0.717, 1.165) is 0 Å². The van der Waals surface area contributed by atoms with Gasteiger partial charge in [0.25, 0.3) is 11.7 Å². The molecule has 0 aliphatic carbocycles. The molecule has 1 amide bonds. The summed E-state index contributed by atoms with van der Waals surface area (Å²) in [7, 11) is 1.50. The van der Waals surface area contributed by atoms with Crippen LogP contribution < -0.4 is 4.74 Å². The number of amides is 1. The molecule has 156 valence electrons. The van der Waals surface area contributed by atoms with Crippen molar-refractivity contribution in [1.82, 2.24) is 4.90 Å². The van der Waals surface area contributed by atoms with Gasteiger partial charge in [-0.15, -0.1) is 0 Å². The second-order valence-electron chi connectivity index (χ2n) is 5.75. The lowest BCUT2D eigenvalue weighted by Crippen LogP contribution is -2.30. The standard InChI is InChI=1S/C19H17F4NO4S/c1-24(10-12-2-6-14(7-3-12)28-18(20)21)16(25)11-27-17(26)13-4-8-15(9-5-13)29-19(22)23/h2-9,18-19H,10-11H2,1H3. The third kappa shape index (κ3) is 7.65. The number of alkyl halides is 4. The Labute approximate surface area is 168 Å². The van der Waals surface area contributed by atoms with Crippen molar-refractivity contribution in [2.75, 3.05) is 13.7 Å². The van der Waals surface area contributed by atoms with Crippen LogP contribution in [0.5, 0.6) is 5.75 Å². The number of nitrogens with zero attached hydrogens (tertiary/aromatic N) is 1. The minimum Gasteiger partial charge on any atom is -0.452 e. The predicted octanol–water partition coefficient (Wildman–Crippen LogP) is 4.42. The van der Waals surface area contributed by atoms with Crippen molar-refractivity contribution in [2.45, 2.75) is 23.8 Å². The van der Waals surface area contributed by atoms with Crippen molar-refractivity contribution in [2.24, 2.45) is 0 Å². The summed E-state index contributed by atoms with van der Waals surface area (Å²) in [4.78, 5) is 25.7. The number of esters is 1. The van der Waals surface area contributed by atoms with E-state index in [0.29, 0.717) is 22.2 Å². The molecule has 0 saturated carbocycles. The third-order valence-electron chi connectivity index (χ3n) is 3.64. The van der Waals surface area contributed by atoms with Crippen LogP contribution in [0.15, 0.2) is 53.4 Å². The van der Waals surface area contributed by atoms with Gasteiger partial charge in [-0.2, -0.15) is 17.6 Å². The zero-order valence-corrected chi connectivity index (χ0v) is 16.0. The smallest absolute Gasteiger partial charge is 0.387 e. The van der Waals surface area contributed by atoms with Crippen LogP contribution in [-0.2, 0) is 16.1 Å². The summed E-state index contributed by atoms with van der Waals surface area (Å²) in [6, 6.07) is 11.2. The molecule has 0 unspecified atom stereocenters. The van der Waals surface area contributed by atoms with Gasteiger partial charge in [-0.3, -0.25) is 4.79 Å². The van der Waals surface area contributed by atoms with Gasteiger partial charge in [-0.1, -0.05) is 23.9 Å². The van der Waals surface area contributed by atoms with Crippen molar-refractivity contribution < 1.29 is 36.6 Å². The number of carbonyl (C=O) groups excluding carboxylic acids is 2. The molecule has 0 aliphatic heterocycles. The first-order valence-electron chi connectivity index (χ1n) is 8.24. The Kier molecular flexibility index (Phi) is 8.32. The van der Waals surface area contributed by atoms with Gasteiger partial charge in [0.15, 0.2) is 6.61 Å². The summed E-state index contributed by atoms with van der Waals surface area (Å²) in [5, 5.41) is 0. The number of rotatable bonds is 9. The summed E-state index contributed by atoms with van der Waals surface area (Å²) >= 11 is 0.354. The van der Waals surface area contributed by atoms with E-state index in [1.165, 1.54) is 60.5 Å². The van der Waals surface area contributed by atoms with Crippen LogP contribution in [0.1, 0.15) is 15.9 Å². The maximum atomic E-state index is 12.3. The summed E-state index contributed by atoms with van der Waals surface area (Å²) < 4.78 is 58.0. The Morgan fingerprint density at radius 2 is 1.62 bits per heavy atom. The monoisotopic (exact) mass is 431 g/mol. The average Bonchev–Trinajstić information content (AvgIpc) is 2.67. The fourth-order valence-electron chi connectivity index (χ4n) is 2.23. The Balaban J connectivity index is 1.82. The molecular weight excluding hydrogens is 414 g/mol. The van der Waals surface area contributed by atoms with Crippen LogP contribution in [0.3, 0.4) is 0 Å². The Morgan fingerprint density at radius 1 is 1.00 bits per heavy atom. The number of hydrogen-bond acceptors (Lipinski definition) is 5. The molecule has 10 heteroatoms. The Bertz CT molecular complexity index is 816. The second kappa shape index (κ2) is 10.7. The van der Waals surface area contributed by atoms with Crippen LogP contribution in [-0.4, -0.2) is 42.8 Å². The van der Waals surface area contributed by atoms with E-state index in [2.05, 4.69) is 4.74 Å². The molecule has 0 aliphatic rings. The molecule has 0 saturated heterocycles. The van der Waals surface area contributed by atoms with E-state index in [4.69, 9.17) is 4.74 Å². The minimum atomic E-state index is -2.92. The Hall–Kier alpha value is -2.75.